The van der Waals surface area contributed by atoms with E-state index in [0.717, 1.165) is 6.20 Å². The molecule has 1 aromatic heterocycles. The maximum atomic E-state index is 12.4. The molecule has 0 radical (unpaired) electrons. The third-order valence-corrected chi connectivity index (χ3v) is 2.05. The summed E-state index contributed by atoms with van der Waals surface area (Å²) in [6.07, 6.45) is -0.539. The smallest absolute Gasteiger partial charge is 0.265 e. The van der Waals surface area contributed by atoms with E-state index < -0.39 is 17.9 Å². The van der Waals surface area contributed by atoms with Crippen LogP contribution in [0.1, 0.15) is 22.3 Å². The number of amides is 1. The number of halogens is 3. The number of carbonyl (C=O) groups excluding carboxylic acids is 1. The summed E-state index contributed by atoms with van der Waals surface area (Å²) < 4.78 is 24.8. The molecular formula is C7H5BrF2N2O. The van der Waals surface area contributed by atoms with Gasteiger partial charge in [-0.25, -0.2) is 8.78 Å². The van der Waals surface area contributed by atoms with Crippen LogP contribution in [-0.4, -0.2) is 10.9 Å². The molecule has 0 aliphatic heterocycles. The Kier molecular flexibility index (Phi) is 2.92. The topological polar surface area (TPSA) is 56.0 Å². The van der Waals surface area contributed by atoms with Gasteiger partial charge in [0.25, 0.3) is 12.3 Å². The van der Waals surface area contributed by atoms with E-state index in [1.54, 1.807) is 0 Å². The lowest BCUT2D eigenvalue weighted by molar-refractivity contribution is 0.0985. The summed E-state index contributed by atoms with van der Waals surface area (Å²) >= 11 is 2.87. The van der Waals surface area contributed by atoms with Crippen molar-refractivity contribution in [1.29, 1.82) is 0 Å². The zero-order valence-electron chi connectivity index (χ0n) is 6.30. The summed E-state index contributed by atoms with van der Waals surface area (Å²) in [6, 6.07) is 0. The second-order valence-electron chi connectivity index (χ2n) is 2.25. The van der Waals surface area contributed by atoms with Crippen molar-refractivity contribution >= 4 is 21.8 Å². The molecule has 0 saturated heterocycles. The summed E-state index contributed by atoms with van der Waals surface area (Å²) in [6.45, 7) is 0. The first-order valence-electron chi connectivity index (χ1n) is 3.25. The van der Waals surface area contributed by atoms with E-state index >= 15 is 0 Å². The lowest BCUT2D eigenvalue weighted by atomic mass is 10.1. The van der Waals surface area contributed by atoms with E-state index in [0.29, 0.717) is 0 Å². The molecule has 0 aliphatic carbocycles. The minimum atomic E-state index is -2.75. The maximum Gasteiger partial charge on any atom is 0.265 e. The minimum Gasteiger partial charge on any atom is -0.366 e. The summed E-state index contributed by atoms with van der Waals surface area (Å²) in [5.74, 6) is -0.913. The highest BCUT2D eigenvalue weighted by atomic mass is 79.9. The molecule has 0 aliphatic rings. The third-order valence-electron chi connectivity index (χ3n) is 1.42. The zero-order chi connectivity index (χ0) is 10.0. The van der Waals surface area contributed by atoms with Crippen molar-refractivity contribution in [3.05, 3.63) is 28.0 Å². The van der Waals surface area contributed by atoms with Crippen LogP contribution in [0.5, 0.6) is 0 Å². The van der Waals surface area contributed by atoms with Crippen molar-refractivity contribution in [2.75, 3.05) is 0 Å². The average Bonchev–Trinajstić information content (AvgIpc) is 2.02. The number of hydrogen-bond acceptors (Lipinski definition) is 2. The van der Waals surface area contributed by atoms with E-state index in [4.69, 9.17) is 5.73 Å². The van der Waals surface area contributed by atoms with Crippen LogP contribution in [0, 0.1) is 0 Å². The quantitative estimate of drug-likeness (QED) is 0.872. The molecule has 6 heteroatoms. The van der Waals surface area contributed by atoms with Crippen molar-refractivity contribution in [3.63, 3.8) is 0 Å². The minimum absolute atomic E-state index is 0.0822. The number of hydrogen-bond donors (Lipinski definition) is 1. The Morgan fingerprint density at radius 1 is 1.54 bits per heavy atom. The van der Waals surface area contributed by atoms with Crippen LogP contribution in [0.15, 0.2) is 16.9 Å². The molecule has 0 fully saturated rings. The highest BCUT2D eigenvalue weighted by molar-refractivity contribution is 9.10. The third kappa shape index (κ3) is 2.00. The van der Waals surface area contributed by atoms with Crippen LogP contribution >= 0.6 is 15.9 Å². The van der Waals surface area contributed by atoms with E-state index in [1.165, 1.54) is 6.20 Å². The Morgan fingerprint density at radius 2 is 2.15 bits per heavy atom. The monoisotopic (exact) mass is 250 g/mol. The van der Waals surface area contributed by atoms with Crippen LogP contribution in [-0.2, 0) is 0 Å². The van der Waals surface area contributed by atoms with Crippen molar-refractivity contribution < 1.29 is 13.6 Å². The first kappa shape index (κ1) is 10.0. The molecule has 0 saturated carbocycles. The van der Waals surface area contributed by atoms with Gasteiger partial charge < -0.3 is 5.73 Å². The zero-order valence-corrected chi connectivity index (χ0v) is 7.88. The average molecular weight is 251 g/mol. The molecule has 70 valence electrons. The van der Waals surface area contributed by atoms with Gasteiger partial charge in [-0.05, 0) is 15.9 Å². The van der Waals surface area contributed by atoms with Gasteiger partial charge in [-0.3, -0.25) is 9.78 Å². The molecule has 0 aromatic carbocycles. The fourth-order valence-corrected chi connectivity index (χ4v) is 1.37. The Hall–Kier alpha value is -1.04. The Balaban J connectivity index is 3.34. The van der Waals surface area contributed by atoms with Gasteiger partial charge in [-0.15, -0.1) is 0 Å². The van der Waals surface area contributed by atoms with Gasteiger partial charge >= 0.3 is 0 Å². The summed E-state index contributed by atoms with van der Waals surface area (Å²) in [5, 5.41) is 0. The van der Waals surface area contributed by atoms with Gasteiger partial charge in [0, 0.05) is 22.4 Å². The molecule has 1 rings (SSSR count). The van der Waals surface area contributed by atoms with Crippen molar-refractivity contribution in [1.82, 2.24) is 4.98 Å². The molecule has 13 heavy (non-hydrogen) atoms. The molecule has 1 aromatic rings. The second-order valence-corrected chi connectivity index (χ2v) is 3.10. The van der Waals surface area contributed by atoms with Crippen LogP contribution < -0.4 is 5.73 Å². The molecule has 1 amide bonds. The number of pyridine rings is 1. The van der Waals surface area contributed by atoms with E-state index in [-0.39, 0.29) is 10.0 Å². The maximum absolute atomic E-state index is 12.4. The lowest BCUT2D eigenvalue weighted by Gasteiger charge is -2.06. The fraction of sp³-hybridized carbons (Fsp3) is 0.143. The Labute approximate surface area is 81.1 Å². The van der Waals surface area contributed by atoms with E-state index in [1.807, 2.05) is 0 Å². The van der Waals surface area contributed by atoms with E-state index in [9.17, 15) is 13.6 Å². The molecule has 0 spiro atoms. The number of rotatable bonds is 2. The van der Waals surface area contributed by atoms with Crippen LogP contribution in [0.25, 0.3) is 0 Å². The van der Waals surface area contributed by atoms with Gasteiger partial charge in [-0.1, -0.05) is 0 Å². The highest BCUT2D eigenvalue weighted by Crippen LogP contribution is 2.29. The van der Waals surface area contributed by atoms with E-state index in [2.05, 4.69) is 20.9 Å². The van der Waals surface area contributed by atoms with Crippen LogP contribution in [0.2, 0.25) is 0 Å². The van der Waals surface area contributed by atoms with Gasteiger partial charge in [0.05, 0.1) is 5.56 Å². The molecule has 2 N–H and O–H groups in total. The van der Waals surface area contributed by atoms with Crippen molar-refractivity contribution in [2.24, 2.45) is 5.73 Å². The first-order valence-corrected chi connectivity index (χ1v) is 4.04. The molecule has 3 nitrogen and oxygen atoms in total. The number of carbonyl (C=O) groups is 1. The molecule has 0 atom stereocenters. The summed E-state index contributed by atoms with van der Waals surface area (Å²) in [4.78, 5) is 14.3. The predicted octanol–water partition coefficient (Wildman–Crippen LogP) is 1.88. The molecule has 0 bridgehead atoms. The first-order chi connectivity index (χ1) is 6.04. The molecule has 0 unspecified atom stereocenters. The van der Waals surface area contributed by atoms with Gasteiger partial charge in [0.1, 0.15) is 0 Å². The normalized spacial score (nSPS) is 10.5. The predicted molar refractivity (Wildman–Crippen MR) is 45.4 cm³/mol. The number of aromatic nitrogens is 1. The fourth-order valence-electron chi connectivity index (χ4n) is 0.863. The highest BCUT2D eigenvalue weighted by Gasteiger charge is 2.19. The Morgan fingerprint density at radius 3 is 2.54 bits per heavy atom. The lowest BCUT2D eigenvalue weighted by Crippen LogP contribution is -2.14. The van der Waals surface area contributed by atoms with Gasteiger partial charge in [0.15, 0.2) is 0 Å². The summed E-state index contributed by atoms with van der Waals surface area (Å²) in [5.41, 5.74) is 4.21. The Bertz CT molecular complexity index is 343. The number of nitrogens with zero attached hydrogens (tertiary/aromatic N) is 1. The number of primary amides is 1. The molecular weight excluding hydrogens is 246 g/mol. The van der Waals surface area contributed by atoms with Crippen LogP contribution in [0.3, 0.4) is 0 Å². The van der Waals surface area contributed by atoms with Gasteiger partial charge in [-0.2, -0.15) is 0 Å². The largest absolute Gasteiger partial charge is 0.366 e. The molecule has 1 heterocycles. The second kappa shape index (κ2) is 3.78. The SMILES string of the molecule is NC(=O)c1cncc(Br)c1C(F)F. The van der Waals surface area contributed by atoms with Gasteiger partial charge in [0.2, 0.25) is 0 Å². The van der Waals surface area contributed by atoms with Crippen molar-refractivity contribution in [2.45, 2.75) is 6.43 Å². The standard InChI is InChI=1S/C7H5BrF2N2O/c8-4-2-12-1-3(7(11)13)5(4)6(9)10/h1-2,6H,(H2,11,13). The van der Waals surface area contributed by atoms with Crippen molar-refractivity contribution in [3.8, 4) is 0 Å². The number of nitrogens with two attached hydrogens (primary N) is 1. The van der Waals surface area contributed by atoms with Crippen LogP contribution in [0.4, 0.5) is 8.78 Å². The number of alkyl halides is 2. The summed E-state index contributed by atoms with van der Waals surface area (Å²) in [7, 11) is 0.